The van der Waals surface area contributed by atoms with Crippen LogP contribution in [0.3, 0.4) is 0 Å². The summed E-state index contributed by atoms with van der Waals surface area (Å²) in [6, 6.07) is 16.4. The third kappa shape index (κ3) is 8.04. The summed E-state index contributed by atoms with van der Waals surface area (Å²) in [7, 11) is 1.93. The maximum Gasteiger partial charge on any atom is 0.307 e. The molecule has 0 saturated carbocycles. The van der Waals surface area contributed by atoms with Gasteiger partial charge in [0.2, 0.25) is 0 Å². The van der Waals surface area contributed by atoms with Gasteiger partial charge in [-0.25, -0.2) is 9.37 Å². The maximum absolute atomic E-state index is 15.4. The molecule has 0 radical (unpaired) electrons. The van der Waals surface area contributed by atoms with Crippen LogP contribution >= 0.6 is 11.3 Å². The Hall–Kier alpha value is -4.60. The van der Waals surface area contributed by atoms with Crippen LogP contribution in [0.4, 0.5) is 4.39 Å². The molecular formula is C38H40FN3O4S. The third-order valence-electron chi connectivity index (χ3n) is 7.66. The fourth-order valence-corrected chi connectivity index (χ4v) is 6.59. The summed E-state index contributed by atoms with van der Waals surface area (Å²) >= 11 is 1.48. The van der Waals surface area contributed by atoms with Gasteiger partial charge in [-0.05, 0) is 111 Å². The summed E-state index contributed by atoms with van der Waals surface area (Å²) < 4.78 is 23.7. The minimum absolute atomic E-state index is 0.171. The topological polar surface area (TPSA) is 97.5 Å². The van der Waals surface area contributed by atoms with Crippen molar-refractivity contribution in [3.05, 3.63) is 101 Å². The van der Waals surface area contributed by atoms with Gasteiger partial charge in [0.05, 0.1) is 40.6 Å². The lowest BCUT2D eigenvalue weighted by Crippen LogP contribution is -2.10. The van der Waals surface area contributed by atoms with E-state index in [0.717, 1.165) is 66.8 Å². The zero-order chi connectivity index (χ0) is 33.9. The van der Waals surface area contributed by atoms with Crippen molar-refractivity contribution < 1.29 is 24.1 Å². The fraction of sp³-hybridized carbons (Fsp3) is 0.289. The lowest BCUT2D eigenvalue weighted by molar-refractivity contribution is -0.136. The number of carboxylic acid groups (broad SMARTS) is 1. The zero-order valence-corrected chi connectivity index (χ0v) is 28.4. The molecule has 6 rings (SSSR count). The predicted molar refractivity (Wildman–Crippen MR) is 189 cm³/mol. The highest BCUT2D eigenvalue weighted by Gasteiger charge is 2.19. The first kappa shape index (κ1) is 33.8. The average molecular weight is 654 g/mol. The molecule has 1 aliphatic rings. The number of allylic oxidation sites excluding steroid dienone is 4. The van der Waals surface area contributed by atoms with Gasteiger partial charge in [0.25, 0.3) is 0 Å². The molecule has 2 aromatic heterocycles. The second-order valence-corrected chi connectivity index (χ2v) is 13.6. The van der Waals surface area contributed by atoms with E-state index < -0.39 is 17.4 Å². The largest absolute Gasteiger partial charge is 0.490 e. The van der Waals surface area contributed by atoms with E-state index in [1.54, 1.807) is 26.8 Å². The Morgan fingerprint density at radius 1 is 1.13 bits per heavy atom. The number of thiazole rings is 1. The average Bonchev–Trinajstić information content (AvgIpc) is 3.62. The summed E-state index contributed by atoms with van der Waals surface area (Å²) in [5.74, 6) is -1.16. The van der Waals surface area contributed by atoms with Gasteiger partial charge < -0.3 is 14.9 Å². The molecule has 0 bridgehead atoms. The Labute approximate surface area is 278 Å². The van der Waals surface area contributed by atoms with Gasteiger partial charge >= 0.3 is 5.97 Å². The molecule has 5 aromatic rings. The van der Waals surface area contributed by atoms with Crippen molar-refractivity contribution in [2.24, 2.45) is 7.05 Å². The Kier molecular flexibility index (Phi) is 10.1. The summed E-state index contributed by atoms with van der Waals surface area (Å²) in [5.41, 5.74) is 7.36. The normalized spacial score (nSPS) is 15.6. The molecule has 2 N–H and O–H groups in total. The van der Waals surface area contributed by atoms with Crippen LogP contribution in [0.15, 0.2) is 84.0 Å². The molecule has 244 valence electrons. The molecule has 0 unspecified atom stereocenters. The number of aliphatic hydroxyl groups is 1. The molecule has 3 heterocycles. The van der Waals surface area contributed by atoms with Crippen LogP contribution in [-0.2, 0) is 23.0 Å². The van der Waals surface area contributed by atoms with E-state index in [1.807, 2.05) is 56.0 Å². The highest BCUT2D eigenvalue weighted by molar-refractivity contribution is 7.22. The molecule has 3 aromatic carbocycles. The second kappa shape index (κ2) is 14.0. The molecule has 47 heavy (non-hydrogen) atoms. The van der Waals surface area contributed by atoms with Crippen molar-refractivity contribution in [2.75, 3.05) is 6.61 Å². The number of aliphatic carboxylic acids is 1. The number of hydrogen-bond donors (Lipinski definition) is 2. The van der Waals surface area contributed by atoms with Crippen molar-refractivity contribution in [1.82, 2.24) is 14.8 Å². The van der Waals surface area contributed by atoms with Crippen LogP contribution in [-0.4, -0.2) is 43.2 Å². The summed E-state index contributed by atoms with van der Waals surface area (Å²) in [4.78, 5) is 16.7. The molecule has 9 heteroatoms. The van der Waals surface area contributed by atoms with Crippen LogP contribution in [0.25, 0.3) is 48.9 Å². The van der Waals surface area contributed by atoms with Crippen LogP contribution < -0.4 is 0 Å². The minimum Gasteiger partial charge on any atom is -0.490 e. The zero-order valence-electron chi connectivity index (χ0n) is 27.6. The third-order valence-corrected chi connectivity index (χ3v) is 8.81. The Bertz CT molecular complexity index is 2040. The molecule has 0 spiro atoms. The first-order valence-electron chi connectivity index (χ1n) is 15.6. The van der Waals surface area contributed by atoms with Crippen molar-refractivity contribution in [3.63, 3.8) is 0 Å². The van der Waals surface area contributed by atoms with Crippen LogP contribution in [0.2, 0.25) is 0 Å². The molecular weight excluding hydrogens is 614 g/mol. The number of rotatable bonds is 6. The number of aromatic nitrogens is 3. The molecule has 1 aliphatic heterocycles. The van der Waals surface area contributed by atoms with E-state index in [2.05, 4.69) is 35.4 Å². The number of carboxylic acids is 1. The molecule has 0 atom stereocenters. The number of nitrogens with zero attached hydrogens (tertiary/aromatic N) is 3. The smallest absolute Gasteiger partial charge is 0.307 e. The summed E-state index contributed by atoms with van der Waals surface area (Å²) in [6.07, 6.45) is 8.24. The number of hydrogen-bond acceptors (Lipinski definition) is 6. The summed E-state index contributed by atoms with van der Waals surface area (Å²) in [5, 5.41) is 24.4. The first-order chi connectivity index (χ1) is 22.3. The molecule has 7 nitrogen and oxygen atoms in total. The fourth-order valence-electron chi connectivity index (χ4n) is 5.50. The van der Waals surface area contributed by atoms with Gasteiger partial charge in [-0.15, -0.1) is 11.3 Å². The number of halogens is 1. The predicted octanol–water partition coefficient (Wildman–Crippen LogP) is 9.18. The Balaban J connectivity index is 0.000000807. The lowest BCUT2D eigenvalue weighted by Gasteiger charge is -2.19. The van der Waals surface area contributed by atoms with Crippen molar-refractivity contribution in [2.45, 2.75) is 59.5 Å². The number of benzene rings is 3. The van der Waals surface area contributed by atoms with E-state index in [-0.39, 0.29) is 12.2 Å². The highest BCUT2D eigenvalue weighted by atomic mass is 32.1. The first-order valence-corrected chi connectivity index (χ1v) is 16.4. The number of fused-ring (bicyclic) bond motifs is 2. The van der Waals surface area contributed by atoms with Gasteiger partial charge in [0, 0.05) is 18.0 Å². The summed E-state index contributed by atoms with van der Waals surface area (Å²) in [6.45, 7) is 9.45. The van der Waals surface area contributed by atoms with Gasteiger partial charge in [-0.3, -0.25) is 9.48 Å². The van der Waals surface area contributed by atoms with E-state index in [0.29, 0.717) is 17.7 Å². The number of carbonyl (C=O) groups is 1. The lowest BCUT2D eigenvalue weighted by atomic mass is 9.97. The quantitative estimate of drug-likeness (QED) is 0.190. The Morgan fingerprint density at radius 3 is 2.57 bits per heavy atom. The number of ether oxygens (including phenoxy) is 1. The standard InChI is InChI=1S/C34H30FN3O3S.C4H10O/c1-4-21-9-6-14-41-32(21)28(35)12-11-26-27(18-31(39)40)20(2)15-29-33(26)42-34(37-29)24-8-5-7-22(16-24)23-10-13-30-25(17-23)19-36-38(30)3;1-4(2,3)5/h4-5,7-8,10-13,15-17,19H,6,9,14,18H2,1-3H3,(H,39,40);5H,1-3H3/b12-11+,21-4+,32-28-;. The highest BCUT2D eigenvalue weighted by Crippen LogP contribution is 2.38. The van der Waals surface area contributed by atoms with Crippen molar-refractivity contribution in [3.8, 4) is 21.7 Å². The Morgan fingerprint density at radius 2 is 1.85 bits per heavy atom. The molecule has 1 fully saturated rings. The van der Waals surface area contributed by atoms with Gasteiger partial charge in [0.15, 0.2) is 11.6 Å². The monoisotopic (exact) mass is 653 g/mol. The van der Waals surface area contributed by atoms with E-state index in [1.165, 1.54) is 17.4 Å². The van der Waals surface area contributed by atoms with Crippen molar-refractivity contribution >= 4 is 44.5 Å². The van der Waals surface area contributed by atoms with Crippen LogP contribution in [0.1, 0.15) is 57.2 Å². The second-order valence-electron chi connectivity index (χ2n) is 12.6. The van der Waals surface area contributed by atoms with Gasteiger partial charge in [0.1, 0.15) is 5.01 Å². The van der Waals surface area contributed by atoms with E-state index >= 15 is 4.39 Å². The van der Waals surface area contributed by atoms with Crippen LogP contribution in [0.5, 0.6) is 0 Å². The van der Waals surface area contributed by atoms with Gasteiger partial charge in [-0.1, -0.05) is 36.4 Å². The van der Waals surface area contributed by atoms with Crippen molar-refractivity contribution in [1.29, 1.82) is 0 Å². The SMILES string of the molecule is CC(C)(C)O.C\C=C1/CCCO/C1=C(F)/C=C/c1c(CC(=O)O)c(C)cc2nc(-c3cccc(-c4ccc5c(cnn5C)c4)c3)sc12. The van der Waals surface area contributed by atoms with E-state index in [9.17, 15) is 9.90 Å². The number of aryl methyl sites for hydroxylation is 2. The minimum atomic E-state index is -0.944. The molecule has 0 aliphatic carbocycles. The van der Waals surface area contributed by atoms with Crippen LogP contribution in [0, 0.1) is 6.92 Å². The maximum atomic E-state index is 15.4. The van der Waals surface area contributed by atoms with Gasteiger partial charge in [-0.2, -0.15) is 5.10 Å². The van der Waals surface area contributed by atoms with E-state index in [4.69, 9.17) is 14.8 Å². The molecule has 0 amide bonds. The molecule has 1 saturated heterocycles.